The summed E-state index contributed by atoms with van der Waals surface area (Å²) in [6.07, 6.45) is 1.64. The molecule has 1 amide bonds. The van der Waals surface area contributed by atoms with Crippen LogP contribution in [0.2, 0.25) is 0 Å². The van der Waals surface area contributed by atoms with Gasteiger partial charge in [0, 0.05) is 17.5 Å². The van der Waals surface area contributed by atoms with Crippen molar-refractivity contribution in [3.8, 4) is 0 Å². The number of hydrogen-bond acceptors (Lipinski definition) is 6. The zero-order valence-corrected chi connectivity index (χ0v) is 16.5. The van der Waals surface area contributed by atoms with Crippen LogP contribution in [0.1, 0.15) is 33.6 Å². The molecule has 2 heterocycles. The molecule has 1 atom stereocenters. The molecule has 7 heteroatoms. The summed E-state index contributed by atoms with van der Waals surface area (Å²) in [5.41, 5.74) is 1.50. The molecule has 0 aliphatic heterocycles. The minimum atomic E-state index is -0.106. The molecule has 0 bridgehead atoms. The average molecular weight is 385 g/mol. The Balaban J connectivity index is 1.65. The predicted octanol–water partition coefficient (Wildman–Crippen LogP) is 3.90. The highest BCUT2D eigenvalue weighted by molar-refractivity contribution is 7.98. The summed E-state index contributed by atoms with van der Waals surface area (Å²) in [4.78, 5) is 15.7. The Morgan fingerprint density at radius 3 is 2.74 bits per heavy atom. The number of rotatable bonds is 8. The SMILES string of the molecule is Cc1cc(CSc2ccccc2C(=O)NCC(c2ccco2)N(C)C)on1. The molecule has 0 fully saturated rings. The van der Waals surface area contributed by atoms with Crippen molar-refractivity contribution in [2.45, 2.75) is 23.6 Å². The van der Waals surface area contributed by atoms with Gasteiger partial charge in [-0.15, -0.1) is 11.8 Å². The van der Waals surface area contributed by atoms with Crippen molar-refractivity contribution >= 4 is 17.7 Å². The Hall–Kier alpha value is -2.51. The van der Waals surface area contributed by atoms with E-state index in [1.165, 1.54) is 0 Å². The van der Waals surface area contributed by atoms with Crippen LogP contribution in [0.4, 0.5) is 0 Å². The summed E-state index contributed by atoms with van der Waals surface area (Å²) < 4.78 is 10.7. The molecule has 0 aliphatic carbocycles. The number of hydrogen-bond donors (Lipinski definition) is 1. The van der Waals surface area contributed by atoms with E-state index in [1.54, 1.807) is 18.0 Å². The molecule has 1 N–H and O–H groups in total. The van der Waals surface area contributed by atoms with E-state index in [0.29, 0.717) is 17.9 Å². The quantitative estimate of drug-likeness (QED) is 0.593. The number of carbonyl (C=O) groups excluding carboxylic acids is 1. The van der Waals surface area contributed by atoms with Gasteiger partial charge in [0.15, 0.2) is 0 Å². The molecule has 0 spiro atoms. The molecule has 0 saturated heterocycles. The van der Waals surface area contributed by atoms with Crippen LogP contribution in [0, 0.1) is 6.92 Å². The highest BCUT2D eigenvalue weighted by Gasteiger charge is 2.19. The van der Waals surface area contributed by atoms with E-state index in [2.05, 4.69) is 10.5 Å². The number of benzene rings is 1. The van der Waals surface area contributed by atoms with Crippen LogP contribution in [-0.4, -0.2) is 36.6 Å². The van der Waals surface area contributed by atoms with E-state index in [1.807, 2.05) is 68.4 Å². The Labute approximate surface area is 162 Å². The number of furan rings is 1. The molecule has 27 heavy (non-hydrogen) atoms. The second-order valence-corrected chi connectivity index (χ2v) is 7.44. The lowest BCUT2D eigenvalue weighted by Crippen LogP contribution is -2.34. The number of nitrogens with zero attached hydrogens (tertiary/aromatic N) is 2. The monoisotopic (exact) mass is 385 g/mol. The summed E-state index contributed by atoms with van der Waals surface area (Å²) in [5, 5.41) is 6.92. The van der Waals surface area contributed by atoms with Crippen molar-refractivity contribution in [3.63, 3.8) is 0 Å². The van der Waals surface area contributed by atoms with Crippen molar-refractivity contribution in [3.05, 3.63) is 71.5 Å². The first-order valence-electron chi connectivity index (χ1n) is 8.66. The van der Waals surface area contributed by atoms with E-state index >= 15 is 0 Å². The lowest BCUT2D eigenvalue weighted by atomic mass is 10.1. The van der Waals surface area contributed by atoms with E-state index in [-0.39, 0.29) is 11.9 Å². The van der Waals surface area contributed by atoms with Crippen LogP contribution in [-0.2, 0) is 5.75 Å². The molecule has 3 aromatic rings. The van der Waals surface area contributed by atoms with Gasteiger partial charge in [-0.25, -0.2) is 0 Å². The Bertz CT molecular complexity index is 874. The molecular weight excluding hydrogens is 362 g/mol. The van der Waals surface area contributed by atoms with Crippen LogP contribution in [0.3, 0.4) is 0 Å². The van der Waals surface area contributed by atoms with Crippen LogP contribution in [0.25, 0.3) is 0 Å². The predicted molar refractivity (Wildman–Crippen MR) is 105 cm³/mol. The molecule has 2 aromatic heterocycles. The van der Waals surface area contributed by atoms with Gasteiger partial charge in [0.25, 0.3) is 5.91 Å². The van der Waals surface area contributed by atoms with Gasteiger partial charge in [0.1, 0.15) is 11.5 Å². The van der Waals surface area contributed by atoms with Crippen molar-refractivity contribution in [2.24, 2.45) is 0 Å². The third kappa shape index (κ3) is 5.02. The maximum atomic E-state index is 12.8. The second kappa shape index (κ2) is 8.92. The zero-order chi connectivity index (χ0) is 19.2. The lowest BCUT2D eigenvalue weighted by Gasteiger charge is -2.22. The van der Waals surface area contributed by atoms with E-state index in [4.69, 9.17) is 8.94 Å². The van der Waals surface area contributed by atoms with Gasteiger partial charge < -0.3 is 14.3 Å². The topological polar surface area (TPSA) is 71.5 Å². The van der Waals surface area contributed by atoms with Gasteiger partial charge in [-0.2, -0.15) is 0 Å². The number of likely N-dealkylation sites (N-methyl/N-ethyl adjacent to an activating group) is 1. The van der Waals surface area contributed by atoms with Crippen LogP contribution < -0.4 is 5.32 Å². The fourth-order valence-corrected chi connectivity index (χ4v) is 3.64. The van der Waals surface area contributed by atoms with E-state index in [0.717, 1.165) is 22.1 Å². The van der Waals surface area contributed by atoms with Crippen LogP contribution in [0.15, 0.2) is 62.6 Å². The van der Waals surface area contributed by atoms with E-state index < -0.39 is 0 Å². The summed E-state index contributed by atoms with van der Waals surface area (Å²) in [5.74, 6) is 2.13. The Morgan fingerprint density at radius 1 is 1.26 bits per heavy atom. The zero-order valence-electron chi connectivity index (χ0n) is 15.6. The Morgan fingerprint density at radius 2 is 2.07 bits per heavy atom. The summed E-state index contributed by atoms with van der Waals surface area (Å²) in [7, 11) is 3.92. The summed E-state index contributed by atoms with van der Waals surface area (Å²) >= 11 is 1.56. The van der Waals surface area contributed by atoms with Crippen LogP contribution >= 0.6 is 11.8 Å². The maximum Gasteiger partial charge on any atom is 0.252 e. The van der Waals surface area contributed by atoms with Crippen molar-refractivity contribution < 1.29 is 13.7 Å². The first-order valence-corrected chi connectivity index (χ1v) is 9.65. The minimum absolute atomic E-state index is 0.0269. The molecule has 3 rings (SSSR count). The van der Waals surface area contributed by atoms with Crippen molar-refractivity contribution in [1.82, 2.24) is 15.4 Å². The largest absolute Gasteiger partial charge is 0.468 e. The molecule has 1 unspecified atom stereocenters. The van der Waals surface area contributed by atoms with Gasteiger partial charge >= 0.3 is 0 Å². The van der Waals surface area contributed by atoms with Crippen molar-refractivity contribution in [1.29, 1.82) is 0 Å². The lowest BCUT2D eigenvalue weighted by molar-refractivity contribution is 0.0936. The molecular formula is C20H23N3O3S. The minimum Gasteiger partial charge on any atom is -0.468 e. The van der Waals surface area contributed by atoms with Crippen LogP contribution in [0.5, 0.6) is 0 Å². The number of aryl methyl sites for hydroxylation is 1. The number of aromatic nitrogens is 1. The summed E-state index contributed by atoms with van der Waals surface area (Å²) in [6, 6.07) is 13.2. The fourth-order valence-electron chi connectivity index (χ4n) is 2.72. The number of nitrogens with one attached hydrogen (secondary N) is 1. The molecule has 0 aliphatic rings. The number of carbonyl (C=O) groups is 1. The van der Waals surface area contributed by atoms with E-state index in [9.17, 15) is 4.79 Å². The first-order chi connectivity index (χ1) is 13.0. The maximum absolute atomic E-state index is 12.8. The number of thioether (sulfide) groups is 1. The summed E-state index contributed by atoms with van der Waals surface area (Å²) in [6.45, 7) is 2.35. The third-order valence-corrected chi connectivity index (χ3v) is 5.23. The fraction of sp³-hybridized carbons (Fsp3) is 0.300. The molecule has 0 radical (unpaired) electrons. The standard InChI is InChI=1S/C20H23N3O3S/c1-14-11-15(26-22-14)13-27-19-9-5-4-7-16(19)20(24)21-12-17(23(2)3)18-8-6-10-25-18/h4-11,17H,12-13H2,1-3H3,(H,21,24). The highest BCUT2D eigenvalue weighted by atomic mass is 32.2. The normalized spacial score (nSPS) is 12.3. The molecule has 0 saturated carbocycles. The number of amides is 1. The molecule has 142 valence electrons. The molecule has 1 aromatic carbocycles. The van der Waals surface area contributed by atoms with Gasteiger partial charge in [-0.3, -0.25) is 9.69 Å². The third-order valence-electron chi connectivity index (χ3n) is 4.13. The highest BCUT2D eigenvalue weighted by Crippen LogP contribution is 2.27. The van der Waals surface area contributed by atoms with Gasteiger partial charge in [0.05, 0.1) is 29.3 Å². The van der Waals surface area contributed by atoms with Gasteiger partial charge in [0.2, 0.25) is 0 Å². The van der Waals surface area contributed by atoms with Gasteiger partial charge in [-0.1, -0.05) is 17.3 Å². The van der Waals surface area contributed by atoms with Gasteiger partial charge in [-0.05, 0) is 45.3 Å². The average Bonchev–Trinajstić information content (AvgIpc) is 3.32. The molecule has 6 nitrogen and oxygen atoms in total. The van der Waals surface area contributed by atoms with Crippen molar-refractivity contribution in [2.75, 3.05) is 20.6 Å². The smallest absolute Gasteiger partial charge is 0.252 e. The second-order valence-electron chi connectivity index (χ2n) is 6.42. The first kappa shape index (κ1) is 19.3. The Kier molecular flexibility index (Phi) is 6.36.